The first kappa shape index (κ1) is 26.1. The normalized spacial score (nSPS) is 18.1. The van der Waals surface area contributed by atoms with Gasteiger partial charge < -0.3 is 32.1 Å². The van der Waals surface area contributed by atoms with Crippen LogP contribution < -0.4 is 22.1 Å². The van der Waals surface area contributed by atoms with Gasteiger partial charge in [0.15, 0.2) is 11.7 Å². The van der Waals surface area contributed by atoms with Crippen LogP contribution in [0.5, 0.6) is 0 Å². The first-order chi connectivity index (χ1) is 14.6. The van der Waals surface area contributed by atoms with Crippen LogP contribution in [-0.2, 0) is 14.4 Å². The van der Waals surface area contributed by atoms with Gasteiger partial charge in [-0.2, -0.15) is 0 Å². The van der Waals surface area contributed by atoms with Gasteiger partial charge in [0.1, 0.15) is 18.8 Å². The molecule has 0 spiro atoms. The third-order valence-electron chi connectivity index (χ3n) is 5.08. The quantitative estimate of drug-likeness (QED) is 0.165. The predicted octanol–water partition coefficient (Wildman–Crippen LogP) is -0.263. The summed E-state index contributed by atoms with van der Waals surface area (Å²) in [7, 11) is 0. The molecule has 3 amide bonds. The maximum Gasteiger partial charge on any atom is 0.405 e. The minimum Gasteiger partial charge on any atom is -0.465 e. The zero-order chi connectivity index (χ0) is 23.6. The second kappa shape index (κ2) is 12.7. The fraction of sp³-hybridized carbons (Fsp3) is 0.737. The lowest BCUT2D eigenvalue weighted by Crippen LogP contribution is -2.59. The highest BCUT2D eigenvalue weighted by molar-refractivity contribution is 5.94. The monoisotopic (exact) mass is 444 g/mol. The van der Waals surface area contributed by atoms with Crippen molar-refractivity contribution in [2.75, 3.05) is 19.8 Å². The van der Waals surface area contributed by atoms with Crippen LogP contribution in [0.3, 0.4) is 0 Å². The van der Waals surface area contributed by atoms with Crippen LogP contribution in [0.1, 0.15) is 46.0 Å². The fourth-order valence-corrected chi connectivity index (χ4v) is 3.47. The summed E-state index contributed by atoms with van der Waals surface area (Å²) in [5.41, 5.74) is 10.5. The smallest absolute Gasteiger partial charge is 0.405 e. The number of carbonyl (C=O) groups is 4. The molecule has 3 atom stereocenters. The fourth-order valence-electron chi connectivity index (χ4n) is 3.47. The molecule has 1 fully saturated rings. The van der Waals surface area contributed by atoms with E-state index in [0.717, 1.165) is 0 Å². The molecule has 0 aromatic carbocycles. The van der Waals surface area contributed by atoms with Crippen molar-refractivity contribution in [1.29, 1.82) is 0 Å². The summed E-state index contributed by atoms with van der Waals surface area (Å²) >= 11 is 0. The average molecular weight is 445 g/mol. The van der Waals surface area contributed by atoms with Gasteiger partial charge in [0, 0.05) is 13.1 Å². The third-order valence-corrected chi connectivity index (χ3v) is 5.08. The third kappa shape index (κ3) is 8.38. The highest BCUT2D eigenvalue weighted by Gasteiger charge is 2.38. The molecule has 0 aromatic heterocycles. The molecule has 1 aliphatic rings. The Bertz CT molecular complexity index is 683. The topological polar surface area (TPSA) is 180 Å². The SMILES string of the molecule is CC(C)C(NC(=O)O)C(=O)N1CCCCC1C(=O)NC(CCCN=C(N)N)C(=O)CF. The van der Waals surface area contributed by atoms with Gasteiger partial charge in [-0.3, -0.25) is 19.4 Å². The van der Waals surface area contributed by atoms with Crippen LogP contribution in [-0.4, -0.2) is 77.5 Å². The van der Waals surface area contributed by atoms with E-state index < -0.39 is 48.5 Å². The molecular formula is C19H33FN6O5. The van der Waals surface area contributed by atoms with Gasteiger partial charge >= 0.3 is 6.09 Å². The number of ketones is 1. The Hall–Kier alpha value is -2.92. The van der Waals surface area contributed by atoms with Crippen LogP contribution in [0.2, 0.25) is 0 Å². The first-order valence-corrected chi connectivity index (χ1v) is 10.3. The Balaban J connectivity index is 2.92. The summed E-state index contributed by atoms with van der Waals surface area (Å²) in [6.07, 6.45) is 0.867. The summed E-state index contributed by atoms with van der Waals surface area (Å²) in [5, 5.41) is 13.8. The molecule has 0 bridgehead atoms. The Morgan fingerprint density at radius 3 is 2.42 bits per heavy atom. The van der Waals surface area contributed by atoms with E-state index in [0.29, 0.717) is 25.7 Å². The number of carboxylic acid groups (broad SMARTS) is 1. The number of hydrogen-bond acceptors (Lipinski definition) is 5. The molecule has 1 aliphatic heterocycles. The minimum absolute atomic E-state index is 0.108. The van der Waals surface area contributed by atoms with Crippen LogP contribution in [0.4, 0.5) is 9.18 Å². The van der Waals surface area contributed by atoms with Crippen molar-refractivity contribution in [2.24, 2.45) is 22.4 Å². The molecule has 176 valence electrons. The molecule has 0 aliphatic carbocycles. The van der Waals surface area contributed by atoms with Crippen molar-refractivity contribution in [3.05, 3.63) is 0 Å². The average Bonchev–Trinajstić information content (AvgIpc) is 2.72. The summed E-state index contributed by atoms with van der Waals surface area (Å²) < 4.78 is 13.0. The molecule has 12 heteroatoms. The van der Waals surface area contributed by atoms with E-state index in [1.807, 2.05) is 0 Å². The predicted molar refractivity (Wildman–Crippen MR) is 112 cm³/mol. The Kier molecular flexibility index (Phi) is 10.7. The van der Waals surface area contributed by atoms with Gasteiger partial charge in [-0.05, 0) is 38.0 Å². The molecule has 0 aromatic rings. The Morgan fingerprint density at radius 1 is 1.19 bits per heavy atom. The van der Waals surface area contributed by atoms with E-state index in [9.17, 15) is 23.6 Å². The van der Waals surface area contributed by atoms with E-state index in [2.05, 4.69) is 15.6 Å². The molecule has 3 unspecified atom stereocenters. The minimum atomic E-state index is -1.33. The number of hydrogen-bond donors (Lipinski definition) is 5. The van der Waals surface area contributed by atoms with Crippen molar-refractivity contribution >= 4 is 29.7 Å². The number of amides is 3. The number of alkyl halides is 1. The van der Waals surface area contributed by atoms with E-state index in [4.69, 9.17) is 16.6 Å². The molecule has 7 N–H and O–H groups in total. The number of aliphatic imine (C=N–C) groups is 1. The largest absolute Gasteiger partial charge is 0.465 e. The van der Waals surface area contributed by atoms with Gasteiger partial charge in [0.25, 0.3) is 0 Å². The van der Waals surface area contributed by atoms with Gasteiger partial charge in [-0.25, -0.2) is 9.18 Å². The summed E-state index contributed by atoms with van der Waals surface area (Å²) in [6, 6.07) is -2.94. The zero-order valence-electron chi connectivity index (χ0n) is 18.0. The summed E-state index contributed by atoms with van der Waals surface area (Å²) in [6.45, 7) is 2.67. The molecule has 1 rings (SSSR count). The van der Waals surface area contributed by atoms with E-state index in [1.54, 1.807) is 13.8 Å². The van der Waals surface area contributed by atoms with Crippen molar-refractivity contribution in [1.82, 2.24) is 15.5 Å². The van der Waals surface area contributed by atoms with Gasteiger partial charge in [0.05, 0.1) is 6.04 Å². The number of guanidine groups is 1. The summed E-state index contributed by atoms with van der Waals surface area (Å²) in [5.74, 6) is -2.29. The number of halogens is 1. The molecule has 0 radical (unpaired) electrons. The van der Waals surface area contributed by atoms with Crippen LogP contribution in [0, 0.1) is 5.92 Å². The molecular weight excluding hydrogens is 411 g/mol. The second-order valence-corrected chi connectivity index (χ2v) is 7.82. The number of likely N-dealkylation sites (tertiary alicyclic amines) is 1. The number of nitrogens with one attached hydrogen (secondary N) is 2. The van der Waals surface area contributed by atoms with Crippen LogP contribution in [0.25, 0.3) is 0 Å². The van der Waals surface area contributed by atoms with Crippen LogP contribution >= 0.6 is 0 Å². The van der Waals surface area contributed by atoms with Crippen molar-refractivity contribution in [3.8, 4) is 0 Å². The molecule has 1 heterocycles. The highest BCUT2D eigenvalue weighted by Crippen LogP contribution is 2.20. The molecule has 11 nitrogen and oxygen atoms in total. The number of rotatable bonds is 11. The van der Waals surface area contributed by atoms with Crippen molar-refractivity contribution in [3.63, 3.8) is 0 Å². The van der Waals surface area contributed by atoms with Crippen molar-refractivity contribution in [2.45, 2.75) is 64.1 Å². The lowest BCUT2D eigenvalue weighted by atomic mass is 9.96. The number of carbonyl (C=O) groups excluding carboxylic acids is 3. The molecule has 1 saturated heterocycles. The highest BCUT2D eigenvalue weighted by atomic mass is 19.1. The number of Topliss-reactive ketones (excluding diaryl/α,β-unsaturated/α-hetero) is 1. The lowest BCUT2D eigenvalue weighted by Gasteiger charge is -2.38. The Morgan fingerprint density at radius 2 is 1.87 bits per heavy atom. The van der Waals surface area contributed by atoms with Gasteiger partial charge in [-0.1, -0.05) is 13.8 Å². The lowest BCUT2D eigenvalue weighted by molar-refractivity contribution is -0.145. The summed E-state index contributed by atoms with van der Waals surface area (Å²) in [4.78, 5) is 54.1. The zero-order valence-corrected chi connectivity index (χ0v) is 18.0. The number of nitrogens with two attached hydrogens (primary N) is 2. The first-order valence-electron chi connectivity index (χ1n) is 10.3. The second-order valence-electron chi connectivity index (χ2n) is 7.82. The number of nitrogens with zero attached hydrogens (tertiary/aromatic N) is 2. The standard InChI is InChI=1S/C19H33FN6O5/c1-11(2)15(25-19(30)31)17(29)26-9-4-3-7-13(26)16(28)24-12(14(27)10-20)6-5-8-23-18(21)22/h11-13,15,25H,3-10H2,1-2H3,(H,24,28)(H,30,31)(H4,21,22,23). The van der Waals surface area contributed by atoms with E-state index in [1.165, 1.54) is 4.90 Å². The van der Waals surface area contributed by atoms with Gasteiger partial charge in [-0.15, -0.1) is 0 Å². The van der Waals surface area contributed by atoms with E-state index in [-0.39, 0.29) is 31.4 Å². The Labute approximate surface area is 180 Å². The van der Waals surface area contributed by atoms with E-state index >= 15 is 0 Å². The maximum atomic E-state index is 13.0. The maximum absolute atomic E-state index is 13.0. The number of piperidine rings is 1. The van der Waals surface area contributed by atoms with Gasteiger partial charge in [0.2, 0.25) is 11.8 Å². The molecule has 0 saturated carbocycles. The molecule has 31 heavy (non-hydrogen) atoms. The van der Waals surface area contributed by atoms with Crippen molar-refractivity contribution < 1.29 is 28.7 Å². The van der Waals surface area contributed by atoms with Crippen LogP contribution in [0.15, 0.2) is 4.99 Å².